The van der Waals surface area contributed by atoms with Crippen LogP contribution in [0.2, 0.25) is 0 Å². The standard InChI is InChI=1S/C19H23N3O3S2/c1-4-5-8-26-19-22-21-18(27-19)20-16(23)15-10-13-9-12(11(2)3)6-7-14(13)17(24)25-15/h6-7,9,11,15H,4-5,8,10H2,1-3H3,(H,20,21,23). The first-order chi connectivity index (χ1) is 13.0. The first-order valence-electron chi connectivity index (χ1n) is 9.09. The number of anilines is 1. The second-order valence-electron chi connectivity index (χ2n) is 6.73. The summed E-state index contributed by atoms with van der Waals surface area (Å²) in [6.07, 6.45) is 1.75. The third-order valence-electron chi connectivity index (χ3n) is 4.32. The SMILES string of the molecule is CCCCSc1nnc(NC(=O)C2Cc3cc(C(C)C)ccc3C(=O)O2)s1. The second kappa shape index (κ2) is 8.84. The van der Waals surface area contributed by atoms with Crippen LogP contribution in [0.3, 0.4) is 0 Å². The molecule has 8 heteroatoms. The van der Waals surface area contributed by atoms with E-state index in [1.807, 2.05) is 12.1 Å². The van der Waals surface area contributed by atoms with Gasteiger partial charge in [0.05, 0.1) is 5.56 Å². The fraction of sp³-hybridized carbons (Fsp3) is 0.474. The second-order valence-corrected chi connectivity index (χ2v) is 9.05. The molecule has 0 saturated carbocycles. The van der Waals surface area contributed by atoms with Crippen molar-refractivity contribution in [2.24, 2.45) is 0 Å². The molecule has 1 aromatic carbocycles. The van der Waals surface area contributed by atoms with E-state index in [4.69, 9.17) is 4.74 Å². The summed E-state index contributed by atoms with van der Waals surface area (Å²) in [7, 11) is 0. The van der Waals surface area contributed by atoms with Crippen molar-refractivity contribution in [3.63, 3.8) is 0 Å². The van der Waals surface area contributed by atoms with E-state index in [-0.39, 0.29) is 5.91 Å². The van der Waals surface area contributed by atoms with Crippen LogP contribution in [0, 0.1) is 0 Å². The molecule has 1 aliphatic rings. The predicted octanol–water partition coefficient (Wildman–Crippen LogP) is 4.27. The number of esters is 1. The summed E-state index contributed by atoms with van der Waals surface area (Å²) in [5.41, 5.74) is 2.53. The lowest BCUT2D eigenvalue weighted by molar-refractivity contribution is -0.125. The molecule has 1 unspecified atom stereocenters. The highest BCUT2D eigenvalue weighted by Crippen LogP contribution is 2.28. The average molecular weight is 406 g/mol. The summed E-state index contributed by atoms with van der Waals surface area (Å²) in [5, 5.41) is 11.2. The van der Waals surface area contributed by atoms with Gasteiger partial charge in [0.15, 0.2) is 10.4 Å². The number of nitrogens with zero attached hydrogens (tertiary/aromatic N) is 2. The Morgan fingerprint density at radius 3 is 2.96 bits per heavy atom. The van der Waals surface area contributed by atoms with Crippen molar-refractivity contribution in [2.45, 2.75) is 56.4 Å². The number of unbranched alkanes of at least 4 members (excludes halogenated alkanes) is 1. The van der Waals surface area contributed by atoms with Crippen molar-refractivity contribution in [3.8, 4) is 0 Å². The van der Waals surface area contributed by atoms with Crippen molar-refractivity contribution >= 4 is 40.1 Å². The van der Waals surface area contributed by atoms with E-state index >= 15 is 0 Å². The fourth-order valence-electron chi connectivity index (χ4n) is 2.73. The smallest absolute Gasteiger partial charge is 0.339 e. The molecule has 2 heterocycles. The fourth-order valence-corrected chi connectivity index (χ4v) is 4.64. The number of hydrogen-bond donors (Lipinski definition) is 1. The van der Waals surface area contributed by atoms with Gasteiger partial charge in [-0.1, -0.05) is 62.4 Å². The predicted molar refractivity (Wildman–Crippen MR) is 108 cm³/mol. The van der Waals surface area contributed by atoms with E-state index in [9.17, 15) is 9.59 Å². The Hall–Kier alpha value is -1.93. The van der Waals surface area contributed by atoms with Gasteiger partial charge in [0, 0.05) is 12.2 Å². The molecule has 144 valence electrons. The average Bonchev–Trinajstić information content (AvgIpc) is 3.08. The van der Waals surface area contributed by atoms with Crippen LogP contribution < -0.4 is 5.32 Å². The van der Waals surface area contributed by atoms with E-state index in [2.05, 4.69) is 36.3 Å². The van der Waals surface area contributed by atoms with Crippen LogP contribution in [-0.4, -0.2) is 33.9 Å². The van der Waals surface area contributed by atoms with Crippen molar-refractivity contribution < 1.29 is 14.3 Å². The van der Waals surface area contributed by atoms with Crippen molar-refractivity contribution in [2.75, 3.05) is 11.1 Å². The van der Waals surface area contributed by atoms with Gasteiger partial charge >= 0.3 is 5.97 Å². The highest BCUT2D eigenvalue weighted by molar-refractivity contribution is 8.01. The number of carbonyl (C=O) groups excluding carboxylic acids is 2. The Morgan fingerprint density at radius 1 is 1.41 bits per heavy atom. The molecule has 1 aliphatic heterocycles. The maximum atomic E-state index is 12.6. The largest absolute Gasteiger partial charge is 0.448 e. The third-order valence-corrected chi connectivity index (χ3v) is 6.38. The van der Waals surface area contributed by atoms with Gasteiger partial charge in [0.2, 0.25) is 5.13 Å². The van der Waals surface area contributed by atoms with E-state index in [0.717, 1.165) is 34.1 Å². The first-order valence-corrected chi connectivity index (χ1v) is 10.9. The molecule has 0 aliphatic carbocycles. The van der Waals surface area contributed by atoms with Gasteiger partial charge < -0.3 is 4.74 Å². The summed E-state index contributed by atoms with van der Waals surface area (Å²) < 4.78 is 6.16. The van der Waals surface area contributed by atoms with Crippen LogP contribution in [0.5, 0.6) is 0 Å². The minimum Gasteiger partial charge on any atom is -0.448 e. The van der Waals surface area contributed by atoms with Crippen LogP contribution in [0.4, 0.5) is 5.13 Å². The Morgan fingerprint density at radius 2 is 2.22 bits per heavy atom. The maximum Gasteiger partial charge on any atom is 0.339 e. The number of nitrogens with one attached hydrogen (secondary N) is 1. The highest BCUT2D eigenvalue weighted by Gasteiger charge is 2.32. The Kier molecular flexibility index (Phi) is 6.49. The molecule has 1 atom stereocenters. The van der Waals surface area contributed by atoms with Crippen LogP contribution in [-0.2, 0) is 16.0 Å². The molecule has 3 rings (SSSR count). The molecule has 1 N–H and O–H groups in total. The Bertz CT molecular complexity index is 835. The zero-order valence-corrected chi connectivity index (χ0v) is 17.3. The number of cyclic esters (lactones) is 1. The van der Waals surface area contributed by atoms with Gasteiger partial charge in [-0.05, 0) is 29.5 Å². The Labute approximate surface area is 167 Å². The third kappa shape index (κ3) is 4.87. The number of amides is 1. The number of benzene rings is 1. The molecular weight excluding hydrogens is 382 g/mol. The number of thioether (sulfide) groups is 1. The molecule has 1 aromatic heterocycles. The molecule has 0 bridgehead atoms. The summed E-state index contributed by atoms with van der Waals surface area (Å²) in [4.78, 5) is 24.8. The van der Waals surface area contributed by atoms with Crippen LogP contribution in [0.1, 0.15) is 61.0 Å². The van der Waals surface area contributed by atoms with E-state index < -0.39 is 12.1 Å². The summed E-state index contributed by atoms with van der Waals surface area (Å²) in [6, 6.07) is 5.71. The van der Waals surface area contributed by atoms with E-state index in [1.54, 1.807) is 17.8 Å². The molecule has 1 amide bonds. The van der Waals surface area contributed by atoms with Gasteiger partial charge in [-0.25, -0.2) is 4.79 Å². The molecule has 0 saturated heterocycles. The molecule has 2 aromatic rings. The molecule has 0 radical (unpaired) electrons. The first kappa shape index (κ1) is 19.8. The molecule has 0 fully saturated rings. The maximum absolute atomic E-state index is 12.6. The van der Waals surface area contributed by atoms with Gasteiger partial charge in [0.1, 0.15) is 0 Å². The van der Waals surface area contributed by atoms with Gasteiger partial charge in [-0.15, -0.1) is 10.2 Å². The normalized spacial score (nSPS) is 16.1. The number of fused-ring (bicyclic) bond motifs is 1. The minimum atomic E-state index is -0.854. The zero-order valence-electron chi connectivity index (χ0n) is 15.7. The number of ether oxygens (including phenoxy) is 1. The Balaban J connectivity index is 1.66. The van der Waals surface area contributed by atoms with Crippen LogP contribution >= 0.6 is 23.1 Å². The number of rotatable bonds is 7. The molecule has 0 spiro atoms. The van der Waals surface area contributed by atoms with Gasteiger partial charge in [0.25, 0.3) is 5.91 Å². The molecular formula is C19H23N3O3S2. The van der Waals surface area contributed by atoms with Crippen molar-refractivity contribution in [3.05, 3.63) is 34.9 Å². The van der Waals surface area contributed by atoms with Gasteiger partial charge in [-0.2, -0.15) is 0 Å². The number of carbonyl (C=O) groups is 2. The topological polar surface area (TPSA) is 81.2 Å². The summed E-state index contributed by atoms with van der Waals surface area (Å²) in [5.74, 6) is 0.504. The van der Waals surface area contributed by atoms with Crippen LogP contribution in [0.15, 0.2) is 22.5 Å². The highest BCUT2D eigenvalue weighted by atomic mass is 32.2. The van der Waals surface area contributed by atoms with Crippen molar-refractivity contribution in [1.82, 2.24) is 10.2 Å². The van der Waals surface area contributed by atoms with E-state index in [1.165, 1.54) is 11.3 Å². The zero-order chi connectivity index (χ0) is 19.4. The lowest BCUT2D eigenvalue weighted by Crippen LogP contribution is -2.38. The van der Waals surface area contributed by atoms with E-state index in [0.29, 0.717) is 23.0 Å². The summed E-state index contributed by atoms with van der Waals surface area (Å²) >= 11 is 2.97. The monoisotopic (exact) mass is 405 g/mol. The molecule has 6 nitrogen and oxygen atoms in total. The lowest BCUT2D eigenvalue weighted by Gasteiger charge is -2.24. The lowest BCUT2D eigenvalue weighted by atomic mass is 9.92. The minimum absolute atomic E-state index is 0.352. The molecule has 27 heavy (non-hydrogen) atoms. The number of aromatic nitrogens is 2. The quantitative estimate of drug-likeness (QED) is 0.321. The van der Waals surface area contributed by atoms with Crippen molar-refractivity contribution in [1.29, 1.82) is 0 Å². The summed E-state index contributed by atoms with van der Waals surface area (Å²) in [6.45, 7) is 6.33. The number of hydrogen-bond acceptors (Lipinski definition) is 7. The van der Waals surface area contributed by atoms with Crippen LogP contribution in [0.25, 0.3) is 0 Å². The van der Waals surface area contributed by atoms with Gasteiger partial charge in [-0.3, -0.25) is 10.1 Å².